The monoisotopic (exact) mass is 387 g/mol. The van der Waals surface area contributed by atoms with Crippen molar-refractivity contribution in [3.05, 3.63) is 57.8 Å². The van der Waals surface area contributed by atoms with Crippen LogP contribution in [0.3, 0.4) is 0 Å². The zero-order valence-electron chi connectivity index (χ0n) is 15.9. The number of rotatable bonds is 8. The maximum Gasteiger partial charge on any atom is 0.191 e. The summed E-state index contributed by atoms with van der Waals surface area (Å²) >= 11 is 1.75. The van der Waals surface area contributed by atoms with Gasteiger partial charge in [-0.1, -0.05) is 30.3 Å². The van der Waals surface area contributed by atoms with Gasteiger partial charge < -0.3 is 20.1 Å². The molecular weight excluding hydrogens is 358 g/mol. The Hall–Kier alpha value is -1.89. The van der Waals surface area contributed by atoms with E-state index in [4.69, 9.17) is 9.47 Å². The summed E-state index contributed by atoms with van der Waals surface area (Å²) in [4.78, 5) is 5.99. The van der Waals surface area contributed by atoms with E-state index in [1.807, 2.05) is 0 Å². The number of nitrogens with one attached hydrogen (secondary N) is 2. The second-order valence-corrected chi connectivity index (χ2v) is 7.60. The molecule has 27 heavy (non-hydrogen) atoms. The average molecular weight is 388 g/mol. The Bertz CT molecular complexity index is 680. The van der Waals surface area contributed by atoms with E-state index in [0.717, 1.165) is 45.1 Å². The fourth-order valence-electron chi connectivity index (χ4n) is 2.89. The molecule has 0 radical (unpaired) electrons. The minimum absolute atomic E-state index is 0.333. The first-order valence-electron chi connectivity index (χ1n) is 9.65. The third-order valence-corrected chi connectivity index (χ3v) is 5.33. The number of thiophene rings is 1. The number of benzene rings is 1. The maximum atomic E-state index is 5.98. The molecule has 0 spiro atoms. The molecule has 1 saturated heterocycles. The van der Waals surface area contributed by atoms with Gasteiger partial charge in [0.25, 0.3) is 0 Å². The molecule has 0 atom stereocenters. The lowest BCUT2D eigenvalue weighted by Crippen LogP contribution is -2.36. The van der Waals surface area contributed by atoms with Crippen LogP contribution >= 0.6 is 11.3 Å². The minimum Gasteiger partial charge on any atom is -0.381 e. The van der Waals surface area contributed by atoms with Crippen LogP contribution in [0, 0.1) is 0 Å². The van der Waals surface area contributed by atoms with Crippen LogP contribution in [-0.2, 0) is 29.2 Å². The lowest BCUT2D eigenvalue weighted by Gasteiger charge is -2.22. The first-order valence-corrected chi connectivity index (χ1v) is 10.5. The van der Waals surface area contributed by atoms with E-state index in [9.17, 15) is 0 Å². The molecule has 3 rings (SSSR count). The van der Waals surface area contributed by atoms with E-state index in [-0.39, 0.29) is 0 Å². The van der Waals surface area contributed by atoms with Crippen molar-refractivity contribution in [2.24, 2.45) is 4.99 Å². The smallest absolute Gasteiger partial charge is 0.191 e. The Morgan fingerprint density at radius 1 is 1.15 bits per heavy atom. The summed E-state index contributed by atoms with van der Waals surface area (Å²) in [5.41, 5.74) is 2.40. The normalized spacial score (nSPS) is 15.7. The van der Waals surface area contributed by atoms with Gasteiger partial charge in [0.1, 0.15) is 0 Å². The summed E-state index contributed by atoms with van der Waals surface area (Å²) in [6.45, 7) is 6.67. The van der Waals surface area contributed by atoms with E-state index in [0.29, 0.717) is 19.3 Å². The van der Waals surface area contributed by atoms with Gasteiger partial charge >= 0.3 is 0 Å². The molecule has 0 amide bonds. The van der Waals surface area contributed by atoms with Crippen molar-refractivity contribution in [1.82, 2.24) is 10.6 Å². The fourth-order valence-corrected chi connectivity index (χ4v) is 3.54. The van der Waals surface area contributed by atoms with Crippen molar-refractivity contribution in [1.29, 1.82) is 0 Å². The number of hydrogen-bond donors (Lipinski definition) is 2. The van der Waals surface area contributed by atoms with Gasteiger partial charge in [0.2, 0.25) is 0 Å². The first kappa shape index (κ1) is 19.9. The van der Waals surface area contributed by atoms with Crippen LogP contribution in [0.2, 0.25) is 0 Å². The summed E-state index contributed by atoms with van der Waals surface area (Å²) in [5, 5.41) is 8.77. The second-order valence-electron chi connectivity index (χ2n) is 6.57. The quantitative estimate of drug-likeness (QED) is 0.536. The SMILES string of the molecule is CCNC(=NCc1ccc(COC2CCOCC2)cc1)NCc1cccs1. The molecule has 6 heteroatoms. The predicted molar refractivity (Wildman–Crippen MR) is 111 cm³/mol. The van der Waals surface area contributed by atoms with Gasteiger partial charge in [-0.3, -0.25) is 0 Å². The number of ether oxygens (including phenoxy) is 2. The molecular formula is C21H29N3O2S. The molecule has 1 aromatic heterocycles. The highest BCUT2D eigenvalue weighted by Gasteiger charge is 2.13. The van der Waals surface area contributed by atoms with Crippen molar-refractivity contribution < 1.29 is 9.47 Å². The third kappa shape index (κ3) is 6.97. The Kier molecular flexibility index (Phi) is 8.14. The Morgan fingerprint density at radius 2 is 1.93 bits per heavy atom. The molecule has 2 N–H and O–H groups in total. The van der Waals surface area contributed by atoms with Crippen LogP contribution in [0.1, 0.15) is 35.8 Å². The van der Waals surface area contributed by atoms with E-state index in [1.165, 1.54) is 16.0 Å². The molecule has 1 fully saturated rings. The highest BCUT2D eigenvalue weighted by molar-refractivity contribution is 7.09. The van der Waals surface area contributed by atoms with Crippen LogP contribution in [0.25, 0.3) is 0 Å². The van der Waals surface area contributed by atoms with E-state index >= 15 is 0 Å². The van der Waals surface area contributed by atoms with E-state index < -0.39 is 0 Å². The van der Waals surface area contributed by atoms with Crippen molar-refractivity contribution in [3.63, 3.8) is 0 Å². The average Bonchev–Trinajstić information content (AvgIpc) is 3.24. The Balaban J connectivity index is 1.47. The lowest BCUT2D eigenvalue weighted by atomic mass is 10.1. The molecule has 146 valence electrons. The molecule has 1 aliphatic rings. The minimum atomic E-state index is 0.333. The molecule has 2 heterocycles. The molecule has 1 aromatic carbocycles. The summed E-state index contributed by atoms with van der Waals surface area (Å²) in [5.74, 6) is 0.845. The van der Waals surface area contributed by atoms with Crippen molar-refractivity contribution in [2.75, 3.05) is 19.8 Å². The second kappa shape index (κ2) is 11.1. The largest absolute Gasteiger partial charge is 0.381 e. The van der Waals surface area contributed by atoms with Crippen molar-refractivity contribution >= 4 is 17.3 Å². The van der Waals surface area contributed by atoms with Crippen LogP contribution in [0.5, 0.6) is 0 Å². The number of aliphatic imine (C=N–C) groups is 1. The van der Waals surface area contributed by atoms with Crippen molar-refractivity contribution in [2.45, 2.75) is 45.6 Å². The molecule has 0 aliphatic carbocycles. The summed E-state index contributed by atoms with van der Waals surface area (Å²) in [7, 11) is 0. The fraction of sp³-hybridized carbons (Fsp3) is 0.476. The Labute approximate surface area is 165 Å². The van der Waals surface area contributed by atoms with Crippen molar-refractivity contribution in [3.8, 4) is 0 Å². The number of hydrogen-bond acceptors (Lipinski definition) is 4. The standard InChI is InChI=1S/C21H29N3O2S/c1-2-22-21(24-15-20-4-3-13-27-20)23-14-17-5-7-18(8-6-17)16-26-19-9-11-25-12-10-19/h3-8,13,19H,2,9-12,14-16H2,1H3,(H2,22,23,24). The molecule has 0 bridgehead atoms. The van der Waals surface area contributed by atoms with Gasteiger partial charge in [-0.25, -0.2) is 4.99 Å². The topological polar surface area (TPSA) is 54.9 Å². The summed E-state index contributed by atoms with van der Waals surface area (Å²) in [6, 6.07) is 12.7. The third-order valence-electron chi connectivity index (χ3n) is 4.45. The van der Waals surface area contributed by atoms with Gasteiger partial charge in [0, 0.05) is 24.6 Å². The van der Waals surface area contributed by atoms with Crippen LogP contribution in [0.15, 0.2) is 46.8 Å². The van der Waals surface area contributed by atoms with Gasteiger partial charge in [-0.2, -0.15) is 0 Å². The zero-order valence-corrected chi connectivity index (χ0v) is 16.8. The number of nitrogens with zero attached hydrogens (tertiary/aromatic N) is 1. The van der Waals surface area contributed by atoms with Gasteiger partial charge in [0.05, 0.1) is 25.8 Å². The lowest BCUT2D eigenvalue weighted by molar-refractivity contribution is -0.0390. The van der Waals surface area contributed by atoms with Gasteiger partial charge in [-0.05, 0) is 42.3 Å². The molecule has 0 unspecified atom stereocenters. The van der Waals surface area contributed by atoms with Gasteiger partial charge in [0.15, 0.2) is 5.96 Å². The molecule has 2 aromatic rings. The highest BCUT2D eigenvalue weighted by atomic mass is 32.1. The predicted octanol–water partition coefficient (Wildman–Crippen LogP) is 3.70. The zero-order chi connectivity index (χ0) is 18.7. The highest BCUT2D eigenvalue weighted by Crippen LogP contribution is 2.14. The van der Waals surface area contributed by atoms with Crippen LogP contribution in [-0.4, -0.2) is 31.8 Å². The van der Waals surface area contributed by atoms with E-state index in [2.05, 4.69) is 64.3 Å². The summed E-state index contributed by atoms with van der Waals surface area (Å²) < 4.78 is 11.3. The molecule has 0 saturated carbocycles. The Morgan fingerprint density at radius 3 is 2.63 bits per heavy atom. The van der Waals surface area contributed by atoms with Crippen LogP contribution in [0.4, 0.5) is 0 Å². The maximum absolute atomic E-state index is 5.98. The summed E-state index contributed by atoms with van der Waals surface area (Å²) in [6.07, 6.45) is 2.33. The number of guanidine groups is 1. The first-order chi connectivity index (χ1) is 13.3. The molecule has 1 aliphatic heterocycles. The molecule has 5 nitrogen and oxygen atoms in total. The van der Waals surface area contributed by atoms with Gasteiger partial charge in [-0.15, -0.1) is 11.3 Å². The van der Waals surface area contributed by atoms with Crippen LogP contribution < -0.4 is 10.6 Å². The van der Waals surface area contributed by atoms with E-state index in [1.54, 1.807) is 11.3 Å².